The van der Waals surface area contributed by atoms with Crippen molar-refractivity contribution in [1.82, 2.24) is 10.2 Å². The monoisotopic (exact) mass is 606 g/mol. The van der Waals surface area contributed by atoms with Crippen LogP contribution in [-0.2, 0) is 22.6 Å². The predicted molar refractivity (Wildman–Crippen MR) is 174 cm³/mol. The van der Waals surface area contributed by atoms with Crippen LogP contribution in [0.15, 0.2) is 97.1 Å². The molecule has 2 aliphatic rings. The molecule has 0 radical (unpaired) electrons. The first kappa shape index (κ1) is 30.2. The Morgan fingerprint density at radius 2 is 1.49 bits per heavy atom. The molecule has 1 fully saturated rings. The molecule has 0 aromatic heterocycles. The van der Waals surface area contributed by atoms with Crippen molar-refractivity contribution < 1.29 is 23.8 Å². The lowest BCUT2D eigenvalue weighted by molar-refractivity contribution is -0.116. The predicted octanol–water partition coefficient (Wildman–Crippen LogP) is 6.41. The number of hydrogen-bond acceptors (Lipinski definition) is 7. The van der Waals surface area contributed by atoms with Crippen molar-refractivity contribution in [3.05, 3.63) is 108 Å². The van der Waals surface area contributed by atoms with E-state index in [2.05, 4.69) is 20.9 Å². The molecule has 4 aromatic carbocycles. The highest BCUT2D eigenvalue weighted by molar-refractivity contribution is 5.92. The molecule has 2 amide bonds. The summed E-state index contributed by atoms with van der Waals surface area (Å²) in [7, 11) is 0. The summed E-state index contributed by atoms with van der Waals surface area (Å²) in [6, 6.07) is 31.5. The molecule has 0 saturated carbocycles. The van der Waals surface area contributed by atoms with Gasteiger partial charge in [0.2, 0.25) is 12.7 Å². The molecule has 0 aliphatic carbocycles. The molecule has 232 valence electrons. The van der Waals surface area contributed by atoms with Gasteiger partial charge in [0.1, 0.15) is 6.10 Å². The lowest BCUT2D eigenvalue weighted by atomic mass is 10.0. The topological polar surface area (TPSA) is 101 Å². The third-order valence-electron chi connectivity index (χ3n) is 8.04. The van der Waals surface area contributed by atoms with E-state index in [1.54, 1.807) is 0 Å². The Hall–Kier alpha value is -4.86. The normalized spacial score (nSPS) is 14.6. The van der Waals surface area contributed by atoms with Gasteiger partial charge in [-0.25, -0.2) is 4.79 Å². The van der Waals surface area contributed by atoms with Gasteiger partial charge < -0.3 is 29.7 Å². The molecule has 1 saturated heterocycles. The first-order chi connectivity index (χ1) is 22.1. The van der Waals surface area contributed by atoms with Crippen molar-refractivity contribution in [3.8, 4) is 22.6 Å². The highest BCUT2D eigenvalue weighted by Gasteiger charge is 2.23. The van der Waals surface area contributed by atoms with Crippen molar-refractivity contribution in [2.75, 3.05) is 37.1 Å². The third-order valence-corrected chi connectivity index (χ3v) is 8.04. The minimum atomic E-state index is -0.442. The zero-order valence-corrected chi connectivity index (χ0v) is 25.2. The molecule has 45 heavy (non-hydrogen) atoms. The Labute approximate surface area is 263 Å². The summed E-state index contributed by atoms with van der Waals surface area (Å²) in [5.41, 5.74) is 5.75. The van der Waals surface area contributed by atoms with Gasteiger partial charge in [-0.15, -0.1) is 0 Å². The number of benzene rings is 4. The van der Waals surface area contributed by atoms with Gasteiger partial charge >= 0.3 is 6.09 Å². The van der Waals surface area contributed by atoms with E-state index < -0.39 is 6.09 Å². The average Bonchev–Trinajstić information content (AvgIpc) is 3.54. The number of rotatable bonds is 11. The van der Waals surface area contributed by atoms with Crippen LogP contribution in [0.4, 0.5) is 16.2 Å². The number of nitrogens with one attached hydrogen (secondary N) is 3. The van der Waals surface area contributed by atoms with Crippen LogP contribution in [0.5, 0.6) is 11.5 Å². The zero-order valence-electron chi connectivity index (χ0n) is 25.2. The molecule has 3 N–H and O–H groups in total. The van der Waals surface area contributed by atoms with Crippen molar-refractivity contribution in [2.24, 2.45) is 0 Å². The van der Waals surface area contributed by atoms with Gasteiger partial charge in [0.15, 0.2) is 11.5 Å². The van der Waals surface area contributed by atoms with E-state index in [4.69, 9.17) is 14.2 Å². The fraction of sp³-hybridized carbons (Fsp3) is 0.278. The lowest BCUT2D eigenvalue weighted by Gasteiger charge is -2.31. The van der Waals surface area contributed by atoms with E-state index in [0.29, 0.717) is 19.5 Å². The second kappa shape index (κ2) is 14.7. The molecule has 2 aliphatic heterocycles. The van der Waals surface area contributed by atoms with E-state index in [1.165, 1.54) is 0 Å². The molecule has 2 heterocycles. The second-order valence-electron chi connectivity index (χ2n) is 11.3. The van der Waals surface area contributed by atoms with Gasteiger partial charge in [-0.3, -0.25) is 10.1 Å². The van der Waals surface area contributed by atoms with Crippen molar-refractivity contribution in [3.63, 3.8) is 0 Å². The summed E-state index contributed by atoms with van der Waals surface area (Å²) in [5.74, 6) is 1.56. The molecule has 0 unspecified atom stereocenters. The molecular weight excluding hydrogens is 568 g/mol. The number of amides is 2. The summed E-state index contributed by atoms with van der Waals surface area (Å²) >= 11 is 0. The van der Waals surface area contributed by atoms with Gasteiger partial charge in [-0.05, 0) is 59.9 Å². The number of likely N-dealkylation sites (tertiary alicyclic amines) is 1. The number of carbonyl (C=O) groups is 2. The van der Waals surface area contributed by atoms with Crippen LogP contribution in [0.3, 0.4) is 0 Å². The maximum absolute atomic E-state index is 12.7. The van der Waals surface area contributed by atoms with Crippen LogP contribution in [-0.4, -0.2) is 49.4 Å². The summed E-state index contributed by atoms with van der Waals surface area (Å²) in [5, 5.41) is 9.36. The van der Waals surface area contributed by atoms with Crippen LogP contribution >= 0.6 is 0 Å². The number of ether oxygens (including phenoxy) is 3. The first-order valence-electron chi connectivity index (χ1n) is 15.4. The summed E-state index contributed by atoms with van der Waals surface area (Å²) in [6.45, 7) is 3.92. The van der Waals surface area contributed by atoms with Gasteiger partial charge in [0.05, 0.1) is 5.69 Å². The molecule has 9 nitrogen and oxygen atoms in total. The SMILES string of the molecule is O=C(CCN1CCC(OC(=O)Nc2ccccc2-c2ccccc2)CC1)Nc1ccc(CNCc2ccc3c(c2)OCO3)cc1. The minimum absolute atomic E-state index is 0.0153. The maximum Gasteiger partial charge on any atom is 0.411 e. The van der Waals surface area contributed by atoms with E-state index >= 15 is 0 Å². The minimum Gasteiger partial charge on any atom is -0.454 e. The van der Waals surface area contributed by atoms with Crippen LogP contribution in [0.1, 0.15) is 30.4 Å². The van der Waals surface area contributed by atoms with Crippen LogP contribution in [0.25, 0.3) is 11.1 Å². The molecule has 0 spiro atoms. The quantitative estimate of drug-likeness (QED) is 0.181. The van der Waals surface area contributed by atoms with Crippen molar-refractivity contribution >= 4 is 23.4 Å². The molecule has 4 aromatic rings. The molecule has 0 atom stereocenters. The van der Waals surface area contributed by atoms with Crippen molar-refractivity contribution in [2.45, 2.75) is 38.5 Å². The summed E-state index contributed by atoms with van der Waals surface area (Å²) in [4.78, 5) is 27.6. The fourth-order valence-electron chi connectivity index (χ4n) is 5.59. The lowest BCUT2D eigenvalue weighted by Crippen LogP contribution is -2.39. The van der Waals surface area contributed by atoms with Gasteiger partial charge in [-0.1, -0.05) is 66.7 Å². The number of hydrogen-bond donors (Lipinski definition) is 3. The van der Waals surface area contributed by atoms with E-state index in [-0.39, 0.29) is 18.8 Å². The molecule has 9 heteroatoms. The van der Waals surface area contributed by atoms with E-state index in [0.717, 1.165) is 77.6 Å². The number of para-hydroxylation sites is 1. The first-order valence-corrected chi connectivity index (χ1v) is 15.4. The van der Waals surface area contributed by atoms with Gasteiger partial charge in [-0.2, -0.15) is 0 Å². The molecule has 6 rings (SSSR count). The van der Waals surface area contributed by atoms with Crippen LogP contribution in [0.2, 0.25) is 0 Å². The van der Waals surface area contributed by atoms with E-state index in [1.807, 2.05) is 97.1 Å². The van der Waals surface area contributed by atoms with Gasteiger partial charge in [0, 0.05) is 50.4 Å². The highest BCUT2D eigenvalue weighted by Crippen LogP contribution is 2.32. The Morgan fingerprint density at radius 3 is 2.31 bits per heavy atom. The van der Waals surface area contributed by atoms with Crippen LogP contribution < -0.4 is 25.4 Å². The largest absolute Gasteiger partial charge is 0.454 e. The number of nitrogens with zero attached hydrogens (tertiary/aromatic N) is 1. The maximum atomic E-state index is 12.7. The Balaban J connectivity index is 0.871. The number of piperidine rings is 1. The zero-order chi connectivity index (χ0) is 30.8. The average molecular weight is 607 g/mol. The number of fused-ring (bicyclic) bond motifs is 1. The molecule has 0 bridgehead atoms. The Morgan fingerprint density at radius 1 is 0.778 bits per heavy atom. The highest BCUT2D eigenvalue weighted by atomic mass is 16.7. The summed E-state index contributed by atoms with van der Waals surface area (Å²) < 4.78 is 16.5. The summed E-state index contributed by atoms with van der Waals surface area (Å²) in [6.07, 6.45) is 1.28. The number of anilines is 2. The van der Waals surface area contributed by atoms with Gasteiger partial charge in [0.25, 0.3) is 0 Å². The smallest absolute Gasteiger partial charge is 0.411 e. The fourth-order valence-corrected chi connectivity index (χ4v) is 5.59. The molecular formula is C36H38N4O5. The van der Waals surface area contributed by atoms with E-state index in [9.17, 15) is 9.59 Å². The standard InChI is InChI=1S/C36H38N4O5/c41-35(38-29-13-10-26(11-14-29)23-37-24-27-12-15-33-34(22-27)44-25-43-33)18-21-40-19-16-30(17-20-40)45-36(42)39-32-9-5-4-8-31(32)28-6-2-1-3-7-28/h1-15,22,30,37H,16-21,23-25H2,(H,38,41)(H,39,42). The van der Waals surface area contributed by atoms with Crippen LogP contribution in [0, 0.1) is 0 Å². The number of carbonyl (C=O) groups excluding carboxylic acids is 2. The van der Waals surface area contributed by atoms with Crippen molar-refractivity contribution in [1.29, 1.82) is 0 Å². The Kier molecular flexibility index (Phi) is 9.89. The third kappa shape index (κ3) is 8.41. The Bertz CT molecular complexity index is 1590. The second-order valence-corrected chi connectivity index (χ2v) is 11.3.